The molecular formula is C17H19NO2. The van der Waals surface area contributed by atoms with Gasteiger partial charge in [-0.2, -0.15) is 0 Å². The molecule has 0 heterocycles. The monoisotopic (exact) mass is 269 g/mol. The van der Waals surface area contributed by atoms with Crippen LogP contribution in [0.3, 0.4) is 0 Å². The van der Waals surface area contributed by atoms with Crippen molar-refractivity contribution in [1.29, 1.82) is 0 Å². The van der Waals surface area contributed by atoms with Crippen molar-refractivity contribution in [1.82, 2.24) is 4.90 Å². The molecule has 0 unspecified atom stereocenters. The molecule has 0 fully saturated rings. The fraction of sp³-hybridized carbons (Fsp3) is 0.235. The zero-order chi connectivity index (χ0) is 14.4. The Kier molecular flexibility index (Phi) is 4.77. The number of carbonyl (C=O) groups excluding carboxylic acids is 1. The highest BCUT2D eigenvalue weighted by molar-refractivity contribution is 5.78. The van der Waals surface area contributed by atoms with E-state index in [1.165, 1.54) is 5.56 Å². The van der Waals surface area contributed by atoms with Gasteiger partial charge in [0.25, 0.3) is 0 Å². The maximum Gasteiger partial charge on any atom is 0.226 e. The predicted octanol–water partition coefficient (Wildman–Crippen LogP) is 2.64. The van der Waals surface area contributed by atoms with E-state index in [-0.39, 0.29) is 11.7 Å². The summed E-state index contributed by atoms with van der Waals surface area (Å²) in [5.74, 6) is 0.310. The summed E-state index contributed by atoms with van der Waals surface area (Å²) in [6, 6.07) is 16.9. The van der Waals surface area contributed by atoms with Crippen LogP contribution in [0.4, 0.5) is 0 Å². The highest BCUT2D eigenvalue weighted by Crippen LogP contribution is 2.11. The van der Waals surface area contributed by atoms with Gasteiger partial charge < -0.3 is 10.0 Å². The van der Waals surface area contributed by atoms with Crippen LogP contribution in [0.15, 0.2) is 54.6 Å². The van der Waals surface area contributed by atoms with E-state index in [1.807, 2.05) is 25.2 Å². The Bertz CT molecular complexity index is 549. The maximum absolute atomic E-state index is 12.1. The molecule has 0 radical (unpaired) electrons. The normalized spacial score (nSPS) is 10.2. The highest BCUT2D eigenvalue weighted by atomic mass is 16.3. The Morgan fingerprint density at radius 1 is 1.00 bits per heavy atom. The van der Waals surface area contributed by atoms with Crippen molar-refractivity contribution < 1.29 is 9.90 Å². The SMILES string of the molecule is CN(CCc1ccccc1)C(=O)Cc1ccc(O)cc1. The Morgan fingerprint density at radius 3 is 2.30 bits per heavy atom. The second-order valence-corrected chi connectivity index (χ2v) is 4.89. The molecule has 3 heteroatoms. The Balaban J connectivity index is 1.84. The lowest BCUT2D eigenvalue weighted by Gasteiger charge is -2.17. The van der Waals surface area contributed by atoms with Gasteiger partial charge in [0.15, 0.2) is 0 Å². The van der Waals surface area contributed by atoms with E-state index < -0.39 is 0 Å². The molecule has 0 aromatic heterocycles. The summed E-state index contributed by atoms with van der Waals surface area (Å²) >= 11 is 0. The van der Waals surface area contributed by atoms with Crippen LogP contribution in [0.2, 0.25) is 0 Å². The topological polar surface area (TPSA) is 40.5 Å². The lowest BCUT2D eigenvalue weighted by molar-refractivity contribution is -0.129. The van der Waals surface area contributed by atoms with Crippen LogP contribution in [-0.2, 0) is 17.6 Å². The van der Waals surface area contributed by atoms with Gasteiger partial charge in [-0.05, 0) is 29.7 Å². The summed E-state index contributed by atoms with van der Waals surface area (Å²) in [7, 11) is 1.83. The number of nitrogens with zero attached hydrogens (tertiary/aromatic N) is 1. The Labute approximate surface area is 119 Å². The van der Waals surface area contributed by atoms with Gasteiger partial charge >= 0.3 is 0 Å². The molecule has 2 rings (SSSR count). The van der Waals surface area contributed by atoms with Gasteiger partial charge in [0.05, 0.1) is 6.42 Å². The smallest absolute Gasteiger partial charge is 0.226 e. The predicted molar refractivity (Wildman–Crippen MR) is 79.6 cm³/mol. The minimum atomic E-state index is 0.0895. The molecule has 0 atom stereocenters. The quantitative estimate of drug-likeness (QED) is 0.906. The molecule has 0 aliphatic rings. The van der Waals surface area contributed by atoms with Crippen LogP contribution in [0.25, 0.3) is 0 Å². The Morgan fingerprint density at radius 2 is 1.65 bits per heavy atom. The van der Waals surface area contributed by atoms with Gasteiger partial charge in [0.2, 0.25) is 5.91 Å². The first-order valence-electron chi connectivity index (χ1n) is 6.71. The standard InChI is InChI=1S/C17H19NO2/c1-18(12-11-14-5-3-2-4-6-14)17(20)13-15-7-9-16(19)10-8-15/h2-10,19H,11-13H2,1H3. The zero-order valence-electron chi connectivity index (χ0n) is 11.6. The molecule has 2 aromatic carbocycles. The molecule has 2 aromatic rings. The second kappa shape index (κ2) is 6.75. The van der Waals surface area contributed by atoms with Gasteiger partial charge in [-0.3, -0.25) is 4.79 Å². The van der Waals surface area contributed by atoms with Gasteiger partial charge in [0, 0.05) is 13.6 Å². The molecule has 0 saturated heterocycles. The van der Waals surface area contributed by atoms with Crippen LogP contribution < -0.4 is 0 Å². The number of benzene rings is 2. The fourth-order valence-electron chi connectivity index (χ4n) is 1.99. The number of phenolic OH excluding ortho intramolecular Hbond substituents is 1. The van der Waals surface area contributed by atoms with Gasteiger partial charge in [0.1, 0.15) is 5.75 Å². The van der Waals surface area contributed by atoms with E-state index in [4.69, 9.17) is 0 Å². The average molecular weight is 269 g/mol. The van der Waals surface area contributed by atoms with E-state index >= 15 is 0 Å². The first-order valence-corrected chi connectivity index (χ1v) is 6.71. The van der Waals surface area contributed by atoms with Crippen LogP contribution in [0.5, 0.6) is 5.75 Å². The molecule has 0 spiro atoms. The molecule has 0 aliphatic carbocycles. The minimum Gasteiger partial charge on any atom is -0.508 e. The molecule has 104 valence electrons. The van der Waals surface area contributed by atoms with Crippen LogP contribution >= 0.6 is 0 Å². The first kappa shape index (κ1) is 14.1. The molecule has 1 amide bonds. The molecule has 1 N–H and O–H groups in total. The zero-order valence-corrected chi connectivity index (χ0v) is 11.6. The molecule has 0 saturated carbocycles. The van der Waals surface area contributed by atoms with E-state index in [0.717, 1.165) is 12.0 Å². The van der Waals surface area contributed by atoms with Gasteiger partial charge in [-0.1, -0.05) is 42.5 Å². The number of rotatable bonds is 5. The number of carbonyl (C=O) groups is 1. The number of amides is 1. The van der Waals surface area contributed by atoms with E-state index in [0.29, 0.717) is 13.0 Å². The molecule has 0 bridgehead atoms. The number of hydrogen-bond donors (Lipinski definition) is 1. The highest BCUT2D eigenvalue weighted by Gasteiger charge is 2.09. The van der Waals surface area contributed by atoms with E-state index in [2.05, 4.69) is 12.1 Å². The number of phenols is 1. The third kappa shape index (κ3) is 4.12. The molecular weight excluding hydrogens is 250 g/mol. The van der Waals surface area contributed by atoms with Crippen molar-refractivity contribution in [2.24, 2.45) is 0 Å². The van der Waals surface area contributed by atoms with E-state index in [9.17, 15) is 9.90 Å². The van der Waals surface area contributed by atoms with Gasteiger partial charge in [-0.25, -0.2) is 0 Å². The number of aromatic hydroxyl groups is 1. The lowest BCUT2D eigenvalue weighted by Crippen LogP contribution is -2.30. The van der Waals surface area contributed by atoms with Crippen molar-refractivity contribution in [3.05, 3.63) is 65.7 Å². The summed E-state index contributed by atoms with van der Waals surface area (Å²) in [6.07, 6.45) is 1.23. The minimum absolute atomic E-state index is 0.0895. The summed E-state index contributed by atoms with van der Waals surface area (Å²) in [6.45, 7) is 0.709. The van der Waals surface area contributed by atoms with Crippen molar-refractivity contribution in [3.8, 4) is 5.75 Å². The molecule has 20 heavy (non-hydrogen) atoms. The first-order chi connectivity index (χ1) is 9.65. The summed E-state index contributed by atoms with van der Waals surface area (Å²) in [5, 5.41) is 9.21. The van der Waals surface area contributed by atoms with Crippen LogP contribution in [0.1, 0.15) is 11.1 Å². The lowest BCUT2D eigenvalue weighted by atomic mass is 10.1. The summed E-state index contributed by atoms with van der Waals surface area (Å²) in [4.78, 5) is 13.8. The van der Waals surface area contributed by atoms with Crippen molar-refractivity contribution in [2.45, 2.75) is 12.8 Å². The molecule has 3 nitrogen and oxygen atoms in total. The third-order valence-corrected chi connectivity index (χ3v) is 3.30. The summed E-state index contributed by atoms with van der Waals surface area (Å²) < 4.78 is 0. The number of likely N-dealkylation sites (N-methyl/N-ethyl adjacent to an activating group) is 1. The summed E-state index contributed by atoms with van der Waals surface area (Å²) in [5.41, 5.74) is 2.15. The largest absolute Gasteiger partial charge is 0.508 e. The average Bonchev–Trinajstić information content (AvgIpc) is 2.48. The van der Waals surface area contributed by atoms with Crippen molar-refractivity contribution in [2.75, 3.05) is 13.6 Å². The third-order valence-electron chi connectivity index (χ3n) is 3.30. The molecule has 0 aliphatic heterocycles. The number of hydrogen-bond acceptors (Lipinski definition) is 2. The van der Waals surface area contributed by atoms with Crippen molar-refractivity contribution >= 4 is 5.91 Å². The van der Waals surface area contributed by atoms with E-state index in [1.54, 1.807) is 29.2 Å². The van der Waals surface area contributed by atoms with Crippen molar-refractivity contribution in [3.63, 3.8) is 0 Å². The van der Waals surface area contributed by atoms with Crippen LogP contribution in [0, 0.1) is 0 Å². The maximum atomic E-state index is 12.1. The second-order valence-electron chi connectivity index (χ2n) is 4.89. The Hall–Kier alpha value is -2.29. The van der Waals surface area contributed by atoms with Gasteiger partial charge in [-0.15, -0.1) is 0 Å². The fourth-order valence-corrected chi connectivity index (χ4v) is 1.99. The van der Waals surface area contributed by atoms with Crippen LogP contribution in [-0.4, -0.2) is 29.5 Å².